The molecule has 0 N–H and O–H groups in total. The molecule has 1 aliphatic rings. The second-order valence-corrected chi connectivity index (χ2v) is 6.03. The van der Waals surface area contributed by atoms with E-state index in [2.05, 4.69) is 0 Å². The molecule has 0 spiro atoms. The summed E-state index contributed by atoms with van der Waals surface area (Å²) in [4.78, 5) is 34.9. The van der Waals surface area contributed by atoms with Crippen molar-refractivity contribution in [2.75, 3.05) is 18.6 Å². The number of carbonyl (C=O) groups is 2. The SMILES string of the molecule is COc1cc([N+](=O)[O-])ccc1N1CC(SC(C)=O)CC1=O. The first-order valence-electron chi connectivity index (χ1n) is 6.22. The van der Waals surface area contributed by atoms with Gasteiger partial charge in [0, 0.05) is 31.2 Å². The Labute approximate surface area is 125 Å². The summed E-state index contributed by atoms with van der Waals surface area (Å²) < 4.78 is 5.14. The highest BCUT2D eigenvalue weighted by Gasteiger charge is 2.33. The molecule has 1 saturated heterocycles. The van der Waals surface area contributed by atoms with Gasteiger partial charge in [0.2, 0.25) is 5.91 Å². The Balaban J connectivity index is 2.27. The summed E-state index contributed by atoms with van der Waals surface area (Å²) in [6.07, 6.45) is 0.268. The highest BCUT2D eigenvalue weighted by Crippen LogP contribution is 2.36. The van der Waals surface area contributed by atoms with Crippen LogP contribution in [0.5, 0.6) is 5.75 Å². The third-order valence-corrected chi connectivity index (χ3v) is 4.07. The highest BCUT2D eigenvalue weighted by molar-refractivity contribution is 8.14. The molecule has 0 aliphatic carbocycles. The Morgan fingerprint density at radius 1 is 1.52 bits per heavy atom. The predicted molar refractivity (Wildman–Crippen MR) is 78.7 cm³/mol. The summed E-state index contributed by atoms with van der Waals surface area (Å²) >= 11 is 1.14. The van der Waals surface area contributed by atoms with Gasteiger partial charge in [0.05, 0.1) is 23.8 Å². The molecular weight excluding hydrogens is 296 g/mol. The molecule has 1 aromatic carbocycles. The molecule has 8 heteroatoms. The van der Waals surface area contributed by atoms with Gasteiger partial charge < -0.3 is 9.64 Å². The molecule has 7 nitrogen and oxygen atoms in total. The van der Waals surface area contributed by atoms with Crippen LogP contribution in [0.25, 0.3) is 0 Å². The molecule has 0 saturated carbocycles. The van der Waals surface area contributed by atoms with Crippen molar-refractivity contribution in [3.63, 3.8) is 0 Å². The lowest BCUT2D eigenvalue weighted by Gasteiger charge is -2.19. The quantitative estimate of drug-likeness (QED) is 0.624. The molecule has 1 aromatic rings. The van der Waals surface area contributed by atoms with Gasteiger partial charge in [-0.2, -0.15) is 0 Å². The summed E-state index contributed by atoms with van der Waals surface area (Å²) in [6, 6.07) is 4.11. The number of nitro groups is 1. The van der Waals surface area contributed by atoms with Crippen LogP contribution in [0.15, 0.2) is 18.2 Å². The van der Waals surface area contributed by atoms with E-state index in [1.165, 1.54) is 37.1 Å². The Morgan fingerprint density at radius 2 is 2.24 bits per heavy atom. The maximum absolute atomic E-state index is 12.1. The topological polar surface area (TPSA) is 89.8 Å². The average Bonchev–Trinajstić information content (AvgIpc) is 2.77. The molecule has 0 radical (unpaired) electrons. The number of rotatable bonds is 4. The summed E-state index contributed by atoms with van der Waals surface area (Å²) in [5.74, 6) is 0.145. The maximum Gasteiger partial charge on any atom is 0.273 e. The number of thioether (sulfide) groups is 1. The van der Waals surface area contributed by atoms with Crippen LogP contribution in [0.2, 0.25) is 0 Å². The van der Waals surface area contributed by atoms with Crippen molar-refractivity contribution in [3.05, 3.63) is 28.3 Å². The fraction of sp³-hybridized carbons (Fsp3) is 0.385. The van der Waals surface area contributed by atoms with Gasteiger partial charge in [0.15, 0.2) is 5.12 Å². The number of carbonyl (C=O) groups excluding carboxylic acids is 2. The summed E-state index contributed by atoms with van der Waals surface area (Å²) in [6.45, 7) is 1.85. The van der Waals surface area contributed by atoms with Crippen LogP contribution in [-0.4, -0.2) is 34.9 Å². The van der Waals surface area contributed by atoms with E-state index < -0.39 is 4.92 Å². The zero-order chi connectivity index (χ0) is 15.6. The number of hydrogen-bond acceptors (Lipinski definition) is 6. The summed E-state index contributed by atoms with van der Waals surface area (Å²) in [7, 11) is 1.39. The fourth-order valence-electron chi connectivity index (χ4n) is 2.22. The number of non-ortho nitro benzene ring substituents is 1. The Bertz CT molecular complexity index is 604. The van der Waals surface area contributed by atoms with Crippen molar-refractivity contribution in [2.45, 2.75) is 18.6 Å². The van der Waals surface area contributed by atoms with Crippen LogP contribution in [-0.2, 0) is 9.59 Å². The van der Waals surface area contributed by atoms with Crippen LogP contribution >= 0.6 is 11.8 Å². The lowest BCUT2D eigenvalue weighted by molar-refractivity contribution is -0.384. The Morgan fingerprint density at radius 3 is 2.81 bits per heavy atom. The van der Waals surface area contributed by atoms with Crippen LogP contribution < -0.4 is 9.64 Å². The van der Waals surface area contributed by atoms with Crippen molar-refractivity contribution in [1.82, 2.24) is 0 Å². The van der Waals surface area contributed by atoms with Crippen molar-refractivity contribution in [2.24, 2.45) is 0 Å². The first-order valence-corrected chi connectivity index (χ1v) is 7.10. The van der Waals surface area contributed by atoms with Crippen LogP contribution in [0, 0.1) is 10.1 Å². The number of amides is 1. The average molecular weight is 310 g/mol. The van der Waals surface area contributed by atoms with E-state index in [1.807, 2.05) is 0 Å². The van der Waals surface area contributed by atoms with Gasteiger partial charge in [-0.3, -0.25) is 19.7 Å². The summed E-state index contributed by atoms with van der Waals surface area (Å²) in [5, 5.41) is 10.6. The third kappa shape index (κ3) is 3.33. The van der Waals surface area contributed by atoms with Gasteiger partial charge in [-0.25, -0.2) is 0 Å². The molecule has 0 aromatic heterocycles. The fourth-order valence-corrected chi connectivity index (χ4v) is 3.14. The number of hydrogen-bond donors (Lipinski definition) is 0. The maximum atomic E-state index is 12.1. The first kappa shape index (κ1) is 15.3. The monoisotopic (exact) mass is 310 g/mol. The molecule has 1 unspecified atom stereocenters. The van der Waals surface area contributed by atoms with Crippen molar-refractivity contribution in [1.29, 1.82) is 0 Å². The first-order chi connectivity index (χ1) is 9.92. The van der Waals surface area contributed by atoms with Gasteiger partial charge in [0.1, 0.15) is 5.75 Å². The Kier molecular flexibility index (Phi) is 4.46. The number of nitrogens with zero attached hydrogens (tertiary/aromatic N) is 2. The van der Waals surface area contributed by atoms with Gasteiger partial charge in [-0.05, 0) is 6.07 Å². The van der Waals surface area contributed by atoms with Gasteiger partial charge in [-0.1, -0.05) is 11.8 Å². The minimum atomic E-state index is -0.521. The number of nitro benzene ring substituents is 1. The van der Waals surface area contributed by atoms with Crippen molar-refractivity contribution in [3.8, 4) is 5.75 Å². The molecule has 1 fully saturated rings. The molecule has 0 bridgehead atoms. The minimum Gasteiger partial charge on any atom is -0.494 e. The van der Waals surface area contributed by atoms with E-state index >= 15 is 0 Å². The zero-order valence-electron chi connectivity index (χ0n) is 11.6. The molecule has 1 amide bonds. The number of methoxy groups -OCH3 is 1. The van der Waals surface area contributed by atoms with Gasteiger partial charge >= 0.3 is 0 Å². The van der Waals surface area contributed by atoms with E-state index in [1.54, 1.807) is 0 Å². The molecule has 2 rings (SSSR count). The van der Waals surface area contributed by atoms with Crippen LogP contribution in [0.3, 0.4) is 0 Å². The number of anilines is 1. The molecule has 21 heavy (non-hydrogen) atoms. The molecule has 1 heterocycles. The molecule has 1 atom stereocenters. The second kappa shape index (κ2) is 6.13. The van der Waals surface area contributed by atoms with E-state index in [9.17, 15) is 19.7 Å². The smallest absolute Gasteiger partial charge is 0.273 e. The lowest BCUT2D eigenvalue weighted by atomic mass is 10.2. The van der Waals surface area contributed by atoms with Gasteiger partial charge in [0.25, 0.3) is 5.69 Å². The highest BCUT2D eigenvalue weighted by atomic mass is 32.2. The molecule has 112 valence electrons. The van der Waals surface area contributed by atoms with Crippen LogP contribution in [0.1, 0.15) is 13.3 Å². The third-order valence-electron chi connectivity index (χ3n) is 3.09. The van der Waals surface area contributed by atoms with E-state index in [0.717, 1.165) is 11.8 Å². The van der Waals surface area contributed by atoms with Gasteiger partial charge in [-0.15, -0.1) is 0 Å². The van der Waals surface area contributed by atoms with Crippen LogP contribution in [0.4, 0.5) is 11.4 Å². The van der Waals surface area contributed by atoms with Crippen molar-refractivity contribution < 1.29 is 19.2 Å². The lowest BCUT2D eigenvalue weighted by Crippen LogP contribution is -2.25. The second-order valence-electron chi connectivity index (χ2n) is 4.55. The van der Waals surface area contributed by atoms with Crippen molar-refractivity contribution >= 4 is 34.2 Å². The normalized spacial score (nSPS) is 17.9. The molecule has 1 aliphatic heterocycles. The van der Waals surface area contributed by atoms with E-state index in [4.69, 9.17) is 4.74 Å². The standard InChI is InChI=1S/C13H14N2O5S/c1-8(16)21-10-6-13(17)14(7-10)11-4-3-9(15(18)19)5-12(11)20-2/h3-5,10H,6-7H2,1-2H3. The zero-order valence-corrected chi connectivity index (χ0v) is 12.4. The number of benzene rings is 1. The van der Waals surface area contributed by atoms with E-state index in [-0.39, 0.29) is 34.1 Å². The molecular formula is C13H14N2O5S. The minimum absolute atomic E-state index is 0.0367. The van der Waals surface area contributed by atoms with E-state index in [0.29, 0.717) is 12.2 Å². The Hall–Kier alpha value is -2.09. The predicted octanol–water partition coefficient (Wildman–Crippen LogP) is 1.99. The largest absolute Gasteiger partial charge is 0.494 e. The number of ether oxygens (including phenoxy) is 1. The summed E-state index contributed by atoms with van der Waals surface area (Å²) in [5.41, 5.74) is 0.386.